The zero-order valence-electron chi connectivity index (χ0n) is 18.2. The van der Waals surface area contributed by atoms with Crippen LogP contribution in [0.15, 0.2) is 65.5 Å². The number of fused-ring (bicyclic) bond motifs is 8. The molecule has 0 spiro atoms. The molecule has 4 aromatic rings. The van der Waals surface area contributed by atoms with Crippen molar-refractivity contribution in [3.05, 3.63) is 87.2 Å². The fraction of sp³-hybridized carbons (Fsp3) is 0.120. The van der Waals surface area contributed by atoms with Crippen molar-refractivity contribution in [2.24, 2.45) is 0 Å². The Morgan fingerprint density at radius 2 is 1.76 bits per heavy atom. The first-order valence-corrected chi connectivity index (χ1v) is 10.9. The van der Waals surface area contributed by atoms with Crippen LogP contribution in [0.25, 0.3) is 22.6 Å². The van der Waals surface area contributed by atoms with Crippen molar-refractivity contribution in [3.8, 4) is 34.1 Å². The van der Waals surface area contributed by atoms with E-state index in [2.05, 4.69) is 4.98 Å². The molecule has 0 N–H and O–H groups in total. The van der Waals surface area contributed by atoms with Gasteiger partial charge in [0.1, 0.15) is 0 Å². The van der Waals surface area contributed by atoms with E-state index in [0.29, 0.717) is 50.3 Å². The third-order valence-corrected chi connectivity index (χ3v) is 6.34. The number of methoxy groups -OCH3 is 2. The van der Waals surface area contributed by atoms with E-state index in [4.69, 9.17) is 26.2 Å². The Morgan fingerprint density at radius 1 is 0.971 bits per heavy atom. The summed E-state index contributed by atoms with van der Waals surface area (Å²) in [4.78, 5) is 32.9. The molecule has 1 unspecified atom stereocenters. The molecule has 8 nitrogen and oxygen atoms in total. The lowest BCUT2D eigenvalue weighted by atomic mass is 10.0. The van der Waals surface area contributed by atoms with Gasteiger partial charge < -0.3 is 9.47 Å². The van der Waals surface area contributed by atoms with Crippen molar-refractivity contribution in [1.82, 2.24) is 14.8 Å². The summed E-state index contributed by atoms with van der Waals surface area (Å²) >= 11 is 6.29. The van der Waals surface area contributed by atoms with Gasteiger partial charge in [0.25, 0.3) is 11.5 Å². The van der Waals surface area contributed by atoms with Gasteiger partial charge in [-0.25, -0.2) is 4.68 Å². The molecule has 34 heavy (non-hydrogen) atoms. The van der Waals surface area contributed by atoms with Gasteiger partial charge in [0.05, 0.1) is 25.5 Å². The van der Waals surface area contributed by atoms with Gasteiger partial charge in [-0.3, -0.25) is 14.5 Å². The molecule has 0 aliphatic carbocycles. The van der Waals surface area contributed by atoms with E-state index >= 15 is 0 Å². The molecule has 6 rings (SSSR count). The maximum Gasteiger partial charge on any atom is 0.300 e. The highest BCUT2D eigenvalue weighted by molar-refractivity contribution is 6.31. The fourth-order valence-electron chi connectivity index (χ4n) is 4.66. The zero-order chi connectivity index (χ0) is 23.6. The van der Waals surface area contributed by atoms with Gasteiger partial charge in [-0.05, 0) is 24.3 Å². The highest BCUT2D eigenvalue weighted by atomic mass is 35.5. The minimum atomic E-state index is -0.665. The zero-order valence-corrected chi connectivity index (χ0v) is 18.9. The van der Waals surface area contributed by atoms with Crippen LogP contribution in [0.4, 0.5) is 5.69 Å². The largest absolute Gasteiger partial charge is 0.493 e. The standard InChI is InChI=1S/C25H17ClN4O4/c1-33-18-11-9-15-19(21(18)34-2)25(32)29-17-10-8-14(26)12-16(17)22-27-23(31)20(28-30(22)24(15)29)13-6-4-3-5-7-13/h3-12,24H,1-2H3. The number of hydrogen-bond acceptors (Lipinski definition) is 6. The third kappa shape index (κ3) is 2.72. The van der Waals surface area contributed by atoms with Crippen LogP contribution >= 0.6 is 11.6 Å². The number of carbonyl (C=O) groups excluding carboxylic acids is 1. The fourth-order valence-corrected chi connectivity index (χ4v) is 4.83. The molecule has 2 aliphatic heterocycles. The van der Waals surface area contributed by atoms with Crippen LogP contribution in [0.1, 0.15) is 22.1 Å². The topological polar surface area (TPSA) is 86.6 Å². The summed E-state index contributed by atoms with van der Waals surface area (Å²) in [6.45, 7) is 0. The van der Waals surface area contributed by atoms with Crippen LogP contribution in [-0.2, 0) is 0 Å². The van der Waals surface area contributed by atoms with E-state index in [1.54, 1.807) is 46.0 Å². The number of benzene rings is 3. The van der Waals surface area contributed by atoms with Gasteiger partial charge in [0.2, 0.25) is 0 Å². The Hall–Kier alpha value is -4.17. The molecule has 168 valence electrons. The van der Waals surface area contributed by atoms with Crippen LogP contribution in [0.5, 0.6) is 11.5 Å². The molecule has 0 saturated heterocycles. The average Bonchev–Trinajstić information content (AvgIpc) is 3.16. The molecule has 0 saturated carbocycles. The molecule has 1 aromatic heterocycles. The molecule has 3 heterocycles. The molecule has 0 bridgehead atoms. The lowest BCUT2D eigenvalue weighted by Gasteiger charge is -2.34. The molecular formula is C25H17ClN4O4. The van der Waals surface area contributed by atoms with Crippen LogP contribution < -0.4 is 19.9 Å². The Morgan fingerprint density at radius 3 is 2.50 bits per heavy atom. The van der Waals surface area contributed by atoms with Gasteiger partial charge >= 0.3 is 0 Å². The maximum atomic E-state index is 13.8. The summed E-state index contributed by atoms with van der Waals surface area (Å²) in [6.07, 6.45) is -0.665. The summed E-state index contributed by atoms with van der Waals surface area (Å²) in [5.41, 5.74) is 2.53. The van der Waals surface area contributed by atoms with Crippen molar-refractivity contribution in [3.63, 3.8) is 0 Å². The van der Waals surface area contributed by atoms with Crippen molar-refractivity contribution >= 4 is 23.2 Å². The molecule has 3 aromatic carbocycles. The second-order valence-corrected chi connectivity index (χ2v) is 8.31. The smallest absolute Gasteiger partial charge is 0.300 e. The normalized spacial score (nSPS) is 15.3. The quantitative estimate of drug-likeness (QED) is 0.445. The summed E-state index contributed by atoms with van der Waals surface area (Å²) in [7, 11) is 3.01. The van der Waals surface area contributed by atoms with Crippen LogP contribution in [0.3, 0.4) is 0 Å². The van der Waals surface area contributed by atoms with E-state index in [0.717, 1.165) is 0 Å². The van der Waals surface area contributed by atoms with E-state index in [9.17, 15) is 9.59 Å². The molecule has 1 atom stereocenters. The van der Waals surface area contributed by atoms with Crippen molar-refractivity contribution in [1.29, 1.82) is 0 Å². The number of halogens is 1. The predicted octanol–water partition coefficient (Wildman–Crippen LogP) is 4.16. The number of carbonyl (C=O) groups is 1. The van der Waals surface area contributed by atoms with Crippen molar-refractivity contribution < 1.29 is 14.3 Å². The van der Waals surface area contributed by atoms with Crippen LogP contribution in [0.2, 0.25) is 5.02 Å². The Kier molecular flexibility index (Phi) is 4.46. The number of hydrogen-bond donors (Lipinski definition) is 0. The van der Waals surface area contributed by atoms with E-state index in [1.165, 1.54) is 14.2 Å². The third-order valence-electron chi connectivity index (χ3n) is 6.11. The summed E-state index contributed by atoms with van der Waals surface area (Å²) < 4.78 is 12.6. The minimum absolute atomic E-state index is 0.191. The van der Waals surface area contributed by atoms with Gasteiger partial charge in [0.15, 0.2) is 29.2 Å². The van der Waals surface area contributed by atoms with Gasteiger partial charge in [-0.2, -0.15) is 10.1 Å². The molecular weight excluding hydrogens is 456 g/mol. The second kappa shape index (κ2) is 7.43. The lowest BCUT2D eigenvalue weighted by Crippen LogP contribution is -2.39. The number of amides is 1. The SMILES string of the molecule is COc1ccc2c(c1OC)C(=O)N1c3ccc(Cl)cc3-c3nc(=O)c(-c4ccccc4)nn3C21. The molecule has 0 radical (unpaired) electrons. The highest BCUT2D eigenvalue weighted by Gasteiger charge is 2.47. The maximum absolute atomic E-state index is 13.8. The van der Waals surface area contributed by atoms with Crippen molar-refractivity contribution in [2.75, 3.05) is 19.1 Å². The number of rotatable bonds is 3. The van der Waals surface area contributed by atoms with Crippen LogP contribution in [0, 0.1) is 0 Å². The first kappa shape index (κ1) is 20.4. The Bertz CT molecular complexity index is 1550. The average molecular weight is 473 g/mol. The molecule has 1 amide bonds. The van der Waals surface area contributed by atoms with E-state index < -0.39 is 11.7 Å². The predicted molar refractivity (Wildman–Crippen MR) is 127 cm³/mol. The summed E-state index contributed by atoms with van der Waals surface area (Å²) in [5.74, 6) is 0.848. The summed E-state index contributed by atoms with van der Waals surface area (Å²) in [5, 5.41) is 5.17. The van der Waals surface area contributed by atoms with Crippen molar-refractivity contribution in [2.45, 2.75) is 6.17 Å². The minimum Gasteiger partial charge on any atom is -0.493 e. The first-order chi connectivity index (χ1) is 16.5. The molecule has 9 heteroatoms. The number of nitrogens with zero attached hydrogens (tertiary/aromatic N) is 4. The summed E-state index contributed by atoms with van der Waals surface area (Å²) in [6, 6.07) is 17.8. The van der Waals surface area contributed by atoms with E-state index in [-0.39, 0.29) is 11.6 Å². The first-order valence-electron chi connectivity index (χ1n) is 10.5. The number of anilines is 1. The van der Waals surface area contributed by atoms with Gasteiger partial charge in [0, 0.05) is 21.7 Å². The number of ether oxygens (including phenoxy) is 2. The number of aromatic nitrogens is 3. The molecule has 2 aliphatic rings. The Balaban J connectivity index is 1.69. The Labute approximate surface area is 199 Å². The van der Waals surface area contributed by atoms with Gasteiger partial charge in [-0.1, -0.05) is 48.0 Å². The highest BCUT2D eigenvalue weighted by Crippen LogP contribution is 2.50. The second-order valence-electron chi connectivity index (χ2n) is 7.88. The van der Waals surface area contributed by atoms with Gasteiger partial charge in [-0.15, -0.1) is 0 Å². The monoisotopic (exact) mass is 472 g/mol. The molecule has 0 fully saturated rings. The van der Waals surface area contributed by atoms with Crippen LogP contribution in [-0.4, -0.2) is 34.9 Å². The van der Waals surface area contributed by atoms with E-state index in [1.807, 2.05) is 24.3 Å². The lowest BCUT2D eigenvalue weighted by molar-refractivity contribution is 0.0983.